The van der Waals surface area contributed by atoms with E-state index in [1.54, 1.807) is 0 Å². The fourth-order valence-corrected chi connectivity index (χ4v) is 0.546. The maximum Gasteiger partial charge on any atom is 0.324 e. The van der Waals surface area contributed by atoms with Crippen LogP contribution in [0.4, 0.5) is 0 Å². The fourth-order valence-electron chi connectivity index (χ4n) is 0.457. The summed E-state index contributed by atoms with van der Waals surface area (Å²) in [6.07, 6.45) is 0. The van der Waals surface area contributed by atoms with Crippen molar-refractivity contribution in [2.45, 2.75) is 26.1 Å². The van der Waals surface area contributed by atoms with Crippen LogP contribution in [0.3, 0.4) is 0 Å². The Morgan fingerprint density at radius 2 is 1.90 bits per heavy atom. The summed E-state index contributed by atoms with van der Waals surface area (Å²) in [5.41, 5.74) is -0.228. The van der Waals surface area contributed by atoms with Gasteiger partial charge in [-0.15, -0.1) is 11.6 Å². The van der Waals surface area contributed by atoms with Crippen LogP contribution in [-0.2, 0) is 9.53 Å². The number of carbonyl (C=O) groups excluding carboxylic acids is 1. The number of ether oxygens (including phenoxy) is 1. The Labute approximate surface area is 66.5 Å². The molecule has 0 amide bonds. The Balaban J connectivity index is 4.08. The second-order valence-electron chi connectivity index (χ2n) is 3.25. The topological polar surface area (TPSA) is 26.3 Å². The highest BCUT2D eigenvalue weighted by Gasteiger charge is 2.29. The molecule has 10 heavy (non-hydrogen) atoms. The van der Waals surface area contributed by atoms with Gasteiger partial charge in [-0.3, -0.25) is 4.79 Å². The Hall–Kier alpha value is -0.240. The minimum absolute atomic E-state index is 0.228. The van der Waals surface area contributed by atoms with Gasteiger partial charge in [0, 0.05) is 0 Å². The molecule has 0 N–H and O–H groups in total. The molecule has 0 saturated carbocycles. The number of rotatable bonds is 1. The molecular weight excluding hydrogens is 152 g/mol. The summed E-state index contributed by atoms with van der Waals surface area (Å²) < 4.78 is 4.47. The summed E-state index contributed by atoms with van der Waals surface area (Å²) in [6.45, 7) is 5.67. The minimum atomic E-state index is -0.558. The van der Waals surface area contributed by atoms with Gasteiger partial charge in [0.2, 0.25) is 0 Å². The van der Waals surface area contributed by atoms with Gasteiger partial charge in [-0.1, -0.05) is 20.8 Å². The van der Waals surface area contributed by atoms with Gasteiger partial charge in [0.15, 0.2) is 0 Å². The van der Waals surface area contributed by atoms with E-state index in [2.05, 4.69) is 4.74 Å². The van der Waals surface area contributed by atoms with Crippen molar-refractivity contribution in [1.82, 2.24) is 0 Å². The van der Waals surface area contributed by atoms with Crippen molar-refractivity contribution >= 4 is 17.6 Å². The first kappa shape index (κ1) is 9.76. The molecule has 0 aromatic rings. The second-order valence-corrected chi connectivity index (χ2v) is 3.69. The van der Waals surface area contributed by atoms with Gasteiger partial charge in [0.25, 0.3) is 0 Å². The van der Waals surface area contributed by atoms with Crippen molar-refractivity contribution in [1.29, 1.82) is 0 Å². The second kappa shape index (κ2) is 3.24. The standard InChI is InChI=1S/C7H13ClO2/c1-7(2,3)5(8)6(9)10-4/h5H,1-4H3. The number of methoxy groups -OCH3 is 1. The number of alkyl halides is 1. The largest absolute Gasteiger partial charge is 0.468 e. The monoisotopic (exact) mass is 164 g/mol. The van der Waals surface area contributed by atoms with E-state index in [-0.39, 0.29) is 11.4 Å². The van der Waals surface area contributed by atoms with Crippen LogP contribution in [0.15, 0.2) is 0 Å². The summed E-state index contributed by atoms with van der Waals surface area (Å²) in [5.74, 6) is -0.367. The van der Waals surface area contributed by atoms with E-state index in [9.17, 15) is 4.79 Å². The molecule has 0 aliphatic rings. The lowest BCUT2D eigenvalue weighted by molar-refractivity contribution is -0.142. The Morgan fingerprint density at radius 3 is 2.00 bits per heavy atom. The first-order chi connectivity index (χ1) is 4.39. The molecule has 0 spiro atoms. The molecule has 0 rings (SSSR count). The molecule has 0 aliphatic carbocycles. The van der Waals surface area contributed by atoms with Crippen LogP contribution in [0.1, 0.15) is 20.8 Å². The van der Waals surface area contributed by atoms with E-state index in [0.717, 1.165) is 0 Å². The van der Waals surface area contributed by atoms with Gasteiger partial charge in [-0.05, 0) is 5.41 Å². The zero-order valence-corrected chi connectivity index (χ0v) is 7.53. The van der Waals surface area contributed by atoms with E-state index >= 15 is 0 Å². The highest BCUT2D eigenvalue weighted by atomic mass is 35.5. The first-order valence-corrected chi connectivity index (χ1v) is 3.55. The van der Waals surface area contributed by atoms with Crippen LogP contribution in [-0.4, -0.2) is 18.5 Å². The van der Waals surface area contributed by atoms with Gasteiger partial charge in [-0.2, -0.15) is 0 Å². The number of hydrogen-bond donors (Lipinski definition) is 0. The molecule has 1 unspecified atom stereocenters. The van der Waals surface area contributed by atoms with Gasteiger partial charge in [0.1, 0.15) is 5.38 Å². The van der Waals surface area contributed by atoms with Crippen LogP contribution in [0.2, 0.25) is 0 Å². The Bertz CT molecular complexity index is 126. The van der Waals surface area contributed by atoms with Crippen molar-refractivity contribution in [3.8, 4) is 0 Å². The molecule has 0 radical (unpaired) electrons. The van der Waals surface area contributed by atoms with E-state index in [1.165, 1.54) is 7.11 Å². The third kappa shape index (κ3) is 2.56. The van der Waals surface area contributed by atoms with Gasteiger partial charge < -0.3 is 4.74 Å². The highest BCUT2D eigenvalue weighted by Crippen LogP contribution is 2.24. The Morgan fingerprint density at radius 1 is 1.50 bits per heavy atom. The average Bonchev–Trinajstić information content (AvgIpc) is 1.83. The Kier molecular flexibility index (Phi) is 3.16. The molecule has 1 atom stereocenters. The zero-order valence-electron chi connectivity index (χ0n) is 6.77. The van der Waals surface area contributed by atoms with Crippen molar-refractivity contribution in [3.63, 3.8) is 0 Å². The molecule has 0 saturated heterocycles. The third-order valence-electron chi connectivity index (χ3n) is 1.17. The molecule has 0 fully saturated rings. The van der Waals surface area contributed by atoms with Crippen LogP contribution < -0.4 is 0 Å². The molecule has 0 heterocycles. The maximum absolute atomic E-state index is 10.8. The lowest BCUT2D eigenvalue weighted by atomic mass is 9.92. The molecule has 0 bridgehead atoms. The number of esters is 1. The van der Waals surface area contributed by atoms with Crippen LogP contribution in [0.5, 0.6) is 0 Å². The van der Waals surface area contributed by atoms with Crippen molar-refractivity contribution < 1.29 is 9.53 Å². The molecule has 0 aromatic heterocycles. The number of carbonyl (C=O) groups is 1. The summed E-state index contributed by atoms with van der Waals surface area (Å²) in [6, 6.07) is 0. The average molecular weight is 165 g/mol. The summed E-state index contributed by atoms with van der Waals surface area (Å²) in [7, 11) is 1.34. The maximum atomic E-state index is 10.8. The number of halogens is 1. The van der Waals surface area contributed by atoms with Crippen LogP contribution in [0.25, 0.3) is 0 Å². The molecule has 3 heteroatoms. The van der Waals surface area contributed by atoms with Gasteiger partial charge in [0.05, 0.1) is 7.11 Å². The zero-order chi connectivity index (χ0) is 8.36. The van der Waals surface area contributed by atoms with E-state index in [1.807, 2.05) is 20.8 Å². The normalized spacial score (nSPS) is 14.5. The summed E-state index contributed by atoms with van der Waals surface area (Å²) >= 11 is 5.73. The van der Waals surface area contributed by atoms with Crippen molar-refractivity contribution in [2.75, 3.05) is 7.11 Å². The van der Waals surface area contributed by atoms with Crippen LogP contribution in [0, 0.1) is 5.41 Å². The summed E-state index contributed by atoms with van der Waals surface area (Å²) in [5, 5.41) is -0.558. The summed E-state index contributed by atoms with van der Waals surface area (Å²) in [4.78, 5) is 10.8. The predicted octanol–water partition coefficient (Wildman–Crippen LogP) is 1.81. The molecule has 0 aliphatic heterocycles. The van der Waals surface area contributed by atoms with E-state index in [0.29, 0.717) is 0 Å². The molecule has 2 nitrogen and oxygen atoms in total. The van der Waals surface area contributed by atoms with Crippen molar-refractivity contribution in [3.05, 3.63) is 0 Å². The SMILES string of the molecule is COC(=O)C(Cl)C(C)(C)C. The molecule has 0 aromatic carbocycles. The lowest BCUT2D eigenvalue weighted by Gasteiger charge is -2.22. The lowest BCUT2D eigenvalue weighted by Crippen LogP contribution is -2.30. The number of hydrogen-bond acceptors (Lipinski definition) is 2. The van der Waals surface area contributed by atoms with Gasteiger partial charge >= 0.3 is 5.97 Å². The van der Waals surface area contributed by atoms with E-state index < -0.39 is 5.38 Å². The highest BCUT2D eigenvalue weighted by molar-refractivity contribution is 6.30. The van der Waals surface area contributed by atoms with Crippen molar-refractivity contribution in [2.24, 2.45) is 5.41 Å². The third-order valence-corrected chi connectivity index (χ3v) is 2.00. The quantitative estimate of drug-likeness (QED) is 0.437. The molecule has 60 valence electrons. The predicted molar refractivity (Wildman–Crippen MR) is 41.1 cm³/mol. The van der Waals surface area contributed by atoms with Gasteiger partial charge in [-0.25, -0.2) is 0 Å². The smallest absolute Gasteiger partial charge is 0.324 e. The fraction of sp³-hybridized carbons (Fsp3) is 0.857. The minimum Gasteiger partial charge on any atom is -0.468 e. The van der Waals surface area contributed by atoms with Crippen LogP contribution >= 0.6 is 11.6 Å². The first-order valence-electron chi connectivity index (χ1n) is 3.11. The van der Waals surface area contributed by atoms with E-state index in [4.69, 9.17) is 11.6 Å². The molecular formula is C7H13ClO2.